The SMILES string of the molecule is COc1cc(F)c(C[C@H](C)C(=O)O)cc1OC. The van der Waals surface area contributed by atoms with E-state index in [0.717, 1.165) is 0 Å². The third-order valence-electron chi connectivity index (χ3n) is 2.50. The van der Waals surface area contributed by atoms with Crippen LogP contribution in [-0.4, -0.2) is 25.3 Å². The fraction of sp³-hybridized carbons (Fsp3) is 0.417. The van der Waals surface area contributed by atoms with Gasteiger partial charge in [-0.15, -0.1) is 0 Å². The molecule has 5 heteroatoms. The lowest BCUT2D eigenvalue weighted by molar-refractivity contribution is -0.141. The van der Waals surface area contributed by atoms with Gasteiger partial charge in [-0.1, -0.05) is 6.92 Å². The Kier molecular flexibility index (Phi) is 4.31. The Labute approximate surface area is 99.0 Å². The van der Waals surface area contributed by atoms with Gasteiger partial charge < -0.3 is 14.6 Å². The number of ether oxygens (including phenoxy) is 2. The van der Waals surface area contributed by atoms with Crippen LogP contribution in [0.25, 0.3) is 0 Å². The van der Waals surface area contributed by atoms with Crippen molar-refractivity contribution < 1.29 is 23.8 Å². The molecule has 0 fully saturated rings. The van der Waals surface area contributed by atoms with E-state index in [9.17, 15) is 9.18 Å². The maximum absolute atomic E-state index is 13.6. The largest absolute Gasteiger partial charge is 0.493 e. The molecule has 1 rings (SSSR count). The molecule has 1 aromatic rings. The van der Waals surface area contributed by atoms with Gasteiger partial charge in [0.2, 0.25) is 0 Å². The number of hydrogen-bond acceptors (Lipinski definition) is 3. The van der Waals surface area contributed by atoms with Gasteiger partial charge in [0.25, 0.3) is 0 Å². The smallest absolute Gasteiger partial charge is 0.306 e. The summed E-state index contributed by atoms with van der Waals surface area (Å²) in [5.41, 5.74) is 0.303. The van der Waals surface area contributed by atoms with E-state index in [2.05, 4.69) is 0 Å². The average molecular weight is 242 g/mol. The molecule has 0 amide bonds. The predicted molar refractivity (Wildman–Crippen MR) is 60.0 cm³/mol. The lowest BCUT2D eigenvalue weighted by Gasteiger charge is -2.12. The van der Waals surface area contributed by atoms with Crippen molar-refractivity contribution in [1.82, 2.24) is 0 Å². The summed E-state index contributed by atoms with van der Waals surface area (Å²) in [6.45, 7) is 1.53. The summed E-state index contributed by atoms with van der Waals surface area (Å²) in [7, 11) is 2.86. The van der Waals surface area contributed by atoms with Gasteiger partial charge in [0, 0.05) is 6.07 Å². The molecule has 0 saturated carbocycles. The summed E-state index contributed by atoms with van der Waals surface area (Å²) < 4.78 is 23.6. The number of methoxy groups -OCH3 is 2. The second kappa shape index (κ2) is 5.52. The average Bonchev–Trinajstić information content (AvgIpc) is 2.30. The second-order valence-corrected chi connectivity index (χ2v) is 3.74. The molecule has 0 heterocycles. The normalized spacial score (nSPS) is 12.0. The molecule has 0 aliphatic rings. The summed E-state index contributed by atoms with van der Waals surface area (Å²) in [6.07, 6.45) is 0.113. The minimum Gasteiger partial charge on any atom is -0.493 e. The standard InChI is InChI=1S/C12H15FO4/c1-7(12(14)15)4-8-5-10(16-2)11(17-3)6-9(8)13/h5-7H,4H2,1-3H3,(H,14,15)/t7-/m0/s1. The van der Waals surface area contributed by atoms with Crippen molar-refractivity contribution in [2.75, 3.05) is 14.2 Å². The molecule has 0 aliphatic heterocycles. The van der Waals surface area contributed by atoms with E-state index in [4.69, 9.17) is 14.6 Å². The van der Waals surface area contributed by atoms with Crippen LogP contribution in [-0.2, 0) is 11.2 Å². The van der Waals surface area contributed by atoms with Crippen molar-refractivity contribution >= 4 is 5.97 Å². The van der Waals surface area contributed by atoms with Gasteiger partial charge >= 0.3 is 5.97 Å². The van der Waals surface area contributed by atoms with Crippen molar-refractivity contribution in [3.63, 3.8) is 0 Å². The summed E-state index contributed by atoms with van der Waals surface area (Å²) in [5, 5.41) is 8.78. The lowest BCUT2D eigenvalue weighted by atomic mass is 10.0. The van der Waals surface area contributed by atoms with Crippen molar-refractivity contribution in [2.24, 2.45) is 5.92 Å². The number of benzene rings is 1. The zero-order chi connectivity index (χ0) is 13.0. The number of rotatable bonds is 5. The maximum atomic E-state index is 13.6. The van der Waals surface area contributed by atoms with Gasteiger partial charge in [0.15, 0.2) is 11.5 Å². The maximum Gasteiger partial charge on any atom is 0.306 e. The first-order valence-corrected chi connectivity index (χ1v) is 5.12. The van der Waals surface area contributed by atoms with E-state index in [1.165, 1.54) is 33.3 Å². The van der Waals surface area contributed by atoms with Crippen LogP contribution < -0.4 is 9.47 Å². The minimum atomic E-state index is -0.959. The number of aliphatic carboxylic acids is 1. The Morgan fingerprint density at radius 3 is 2.35 bits per heavy atom. The third kappa shape index (κ3) is 3.09. The van der Waals surface area contributed by atoms with Crippen LogP contribution in [0.4, 0.5) is 4.39 Å². The fourth-order valence-electron chi connectivity index (χ4n) is 1.47. The molecule has 0 radical (unpaired) electrons. The highest BCUT2D eigenvalue weighted by molar-refractivity contribution is 5.70. The van der Waals surface area contributed by atoms with Gasteiger partial charge in [0.05, 0.1) is 20.1 Å². The number of carbonyl (C=O) groups is 1. The van der Waals surface area contributed by atoms with Crippen LogP contribution in [0.2, 0.25) is 0 Å². The second-order valence-electron chi connectivity index (χ2n) is 3.74. The molecule has 0 aromatic heterocycles. The molecule has 4 nitrogen and oxygen atoms in total. The highest BCUT2D eigenvalue weighted by Gasteiger charge is 2.17. The van der Waals surface area contributed by atoms with Gasteiger partial charge in [-0.05, 0) is 18.1 Å². The first-order valence-electron chi connectivity index (χ1n) is 5.12. The van der Waals surface area contributed by atoms with Crippen LogP contribution in [0.3, 0.4) is 0 Å². The molecule has 0 saturated heterocycles. The highest BCUT2D eigenvalue weighted by atomic mass is 19.1. The molecule has 1 aromatic carbocycles. The molecule has 0 aliphatic carbocycles. The van der Waals surface area contributed by atoms with E-state index >= 15 is 0 Å². The molecule has 0 unspecified atom stereocenters. The number of halogens is 1. The Hall–Kier alpha value is -1.78. The lowest BCUT2D eigenvalue weighted by Crippen LogP contribution is -2.13. The fourth-order valence-corrected chi connectivity index (χ4v) is 1.47. The number of carboxylic acid groups (broad SMARTS) is 1. The Bertz CT molecular complexity index is 417. The predicted octanol–water partition coefficient (Wildman–Crippen LogP) is 2.11. The Morgan fingerprint density at radius 1 is 1.35 bits per heavy atom. The minimum absolute atomic E-state index is 0.113. The summed E-state index contributed by atoms with van der Waals surface area (Å²) in [6, 6.07) is 2.66. The molecular formula is C12H15FO4. The Balaban J connectivity index is 3.04. The van der Waals surface area contributed by atoms with Gasteiger partial charge in [-0.25, -0.2) is 4.39 Å². The molecule has 0 spiro atoms. The molecular weight excluding hydrogens is 227 g/mol. The summed E-state index contributed by atoms with van der Waals surface area (Å²) in [5.74, 6) is -1.42. The number of carboxylic acids is 1. The summed E-state index contributed by atoms with van der Waals surface area (Å²) in [4.78, 5) is 10.7. The molecule has 1 N–H and O–H groups in total. The van der Waals surface area contributed by atoms with Crippen molar-refractivity contribution in [2.45, 2.75) is 13.3 Å². The quantitative estimate of drug-likeness (QED) is 0.859. The zero-order valence-corrected chi connectivity index (χ0v) is 9.99. The van der Waals surface area contributed by atoms with Crippen LogP contribution in [0.5, 0.6) is 11.5 Å². The molecule has 0 bridgehead atoms. The third-order valence-corrected chi connectivity index (χ3v) is 2.50. The van der Waals surface area contributed by atoms with Crippen LogP contribution in [0.15, 0.2) is 12.1 Å². The van der Waals surface area contributed by atoms with E-state index < -0.39 is 17.7 Å². The molecule has 1 atom stereocenters. The first kappa shape index (κ1) is 13.3. The van der Waals surface area contributed by atoms with E-state index in [1.54, 1.807) is 0 Å². The molecule has 17 heavy (non-hydrogen) atoms. The van der Waals surface area contributed by atoms with Crippen molar-refractivity contribution in [3.05, 3.63) is 23.5 Å². The van der Waals surface area contributed by atoms with Crippen LogP contribution in [0, 0.1) is 11.7 Å². The van der Waals surface area contributed by atoms with Gasteiger partial charge in [0.1, 0.15) is 5.82 Å². The van der Waals surface area contributed by atoms with Crippen molar-refractivity contribution in [3.8, 4) is 11.5 Å². The monoisotopic (exact) mass is 242 g/mol. The van der Waals surface area contributed by atoms with E-state index in [-0.39, 0.29) is 12.2 Å². The Morgan fingerprint density at radius 2 is 1.88 bits per heavy atom. The summed E-state index contributed by atoms with van der Waals surface area (Å²) >= 11 is 0. The topological polar surface area (TPSA) is 55.8 Å². The number of hydrogen-bond donors (Lipinski definition) is 1. The van der Waals surface area contributed by atoms with Crippen molar-refractivity contribution in [1.29, 1.82) is 0 Å². The molecule has 94 valence electrons. The van der Waals surface area contributed by atoms with Gasteiger partial charge in [-0.3, -0.25) is 4.79 Å². The van der Waals surface area contributed by atoms with Crippen LogP contribution >= 0.6 is 0 Å². The van der Waals surface area contributed by atoms with Crippen LogP contribution in [0.1, 0.15) is 12.5 Å². The zero-order valence-electron chi connectivity index (χ0n) is 9.99. The van der Waals surface area contributed by atoms with Gasteiger partial charge in [-0.2, -0.15) is 0 Å². The first-order chi connectivity index (χ1) is 7.99. The van der Waals surface area contributed by atoms with E-state index in [0.29, 0.717) is 11.3 Å². The highest BCUT2D eigenvalue weighted by Crippen LogP contribution is 2.30. The van der Waals surface area contributed by atoms with E-state index in [1.807, 2.05) is 0 Å².